The van der Waals surface area contributed by atoms with E-state index >= 15 is 0 Å². The van der Waals surface area contributed by atoms with Crippen LogP contribution in [-0.2, 0) is 25.8 Å². The van der Waals surface area contributed by atoms with Gasteiger partial charge in [-0.25, -0.2) is 12.1 Å². The second-order valence-corrected chi connectivity index (χ2v) is 1.54. The van der Waals surface area contributed by atoms with Gasteiger partial charge in [0.2, 0.25) is 0 Å². The van der Waals surface area contributed by atoms with Crippen LogP contribution in [0.1, 0.15) is 13.8 Å². The summed E-state index contributed by atoms with van der Waals surface area (Å²) in [5, 5.41) is 0. The van der Waals surface area contributed by atoms with Crippen LogP contribution in [0.4, 0.5) is 0 Å². The average Bonchev–Trinajstić information content (AvgIpc) is 2.17. The van der Waals surface area contributed by atoms with Crippen molar-refractivity contribution in [3.63, 3.8) is 0 Å². The molecule has 1 aromatic rings. The summed E-state index contributed by atoms with van der Waals surface area (Å²) in [6, 6.07) is 10.0. The van der Waals surface area contributed by atoms with Crippen molar-refractivity contribution in [3.8, 4) is 0 Å². The standard InChI is InChI=1S/C5H5.C3H7.Sc/c1-2-4-5-3-1;1-3-2;/h1-5H;3H,1-2H3;/q2*-1;. The molecule has 1 radical (unpaired) electrons. The number of hydrogen-bond donors (Lipinski definition) is 0. The van der Waals surface area contributed by atoms with Gasteiger partial charge in [-0.1, -0.05) is 0 Å². The van der Waals surface area contributed by atoms with Crippen molar-refractivity contribution >= 4 is 0 Å². The van der Waals surface area contributed by atoms with E-state index in [0.717, 1.165) is 0 Å². The van der Waals surface area contributed by atoms with Crippen molar-refractivity contribution in [2.24, 2.45) is 0 Å². The molecule has 0 nitrogen and oxygen atoms in total. The minimum Gasteiger partial charge on any atom is -0.335 e. The van der Waals surface area contributed by atoms with Crippen molar-refractivity contribution in [1.82, 2.24) is 0 Å². The van der Waals surface area contributed by atoms with E-state index in [2.05, 4.69) is 0 Å². The summed E-state index contributed by atoms with van der Waals surface area (Å²) in [4.78, 5) is 0. The molecule has 0 saturated heterocycles. The van der Waals surface area contributed by atoms with Crippen LogP contribution in [0.3, 0.4) is 0 Å². The van der Waals surface area contributed by atoms with E-state index in [9.17, 15) is 0 Å². The van der Waals surface area contributed by atoms with Gasteiger partial charge in [0.1, 0.15) is 0 Å². The molecule has 0 saturated carbocycles. The summed E-state index contributed by atoms with van der Waals surface area (Å²) in [5.74, 6) is 0. The maximum atomic E-state index is 2.00. The van der Waals surface area contributed by atoms with Crippen molar-refractivity contribution in [1.29, 1.82) is 0 Å². The fraction of sp³-hybridized carbons (Fsp3) is 0.250. The predicted octanol–water partition coefficient (Wildman–Crippen LogP) is 2.63. The quantitative estimate of drug-likeness (QED) is 0.502. The van der Waals surface area contributed by atoms with Gasteiger partial charge in [-0.3, -0.25) is 0 Å². The number of hydrogen-bond acceptors (Lipinski definition) is 0. The Balaban J connectivity index is 0. The summed E-state index contributed by atoms with van der Waals surface area (Å²) < 4.78 is 0. The normalized spacial score (nSPS) is 6.44. The van der Waals surface area contributed by atoms with Crippen molar-refractivity contribution in [3.05, 3.63) is 36.8 Å². The molecule has 0 bridgehead atoms. The van der Waals surface area contributed by atoms with Crippen molar-refractivity contribution < 1.29 is 25.8 Å². The fourth-order valence-electron chi connectivity index (χ4n) is 0.321. The Hall–Kier alpha value is 0.220. The third-order valence-corrected chi connectivity index (χ3v) is 0.556. The molecule has 0 aromatic heterocycles. The Kier molecular flexibility index (Phi) is 14.7. The van der Waals surface area contributed by atoms with E-state index in [1.165, 1.54) is 0 Å². The smallest absolute Gasteiger partial charge is 0 e. The average molecular weight is 153 g/mol. The molecule has 1 aromatic carbocycles. The first kappa shape index (κ1) is 12.0. The first-order valence-corrected chi connectivity index (χ1v) is 2.82. The van der Waals surface area contributed by atoms with Gasteiger partial charge < -0.3 is 6.42 Å². The summed E-state index contributed by atoms with van der Waals surface area (Å²) in [6.45, 7) is 4.00. The van der Waals surface area contributed by atoms with Gasteiger partial charge >= 0.3 is 0 Å². The fourth-order valence-corrected chi connectivity index (χ4v) is 0.321. The number of rotatable bonds is 0. The van der Waals surface area contributed by atoms with Crippen LogP contribution in [0, 0.1) is 6.42 Å². The van der Waals surface area contributed by atoms with E-state index in [0.29, 0.717) is 0 Å². The second kappa shape index (κ2) is 11.1. The summed E-state index contributed by atoms with van der Waals surface area (Å²) in [7, 11) is 0. The maximum Gasteiger partial charge on any atom is 0 e. The molecule has 0 aliphatic heterocycles. The van der Waals surface area contributed by atoms with Crippen LogP contribution < -0.4 is 0 Å². The first-order chi connectivity index (χ1) is 3.91. The van der Waals surface area contributed by atoms with Gasteiger partial charge in [0, 0.05) is 25.8 Å². The van der Waals surface area contributed by atoms with Gasteiger partial charge in [-0.05, 0) is 0 Å². The molecule has 0 aliphatic carbocycles. The van der Waals surface area contributed by atoms with E-state index < -0.39 is 0 Å². The molecule has 0 amide bonds. The minimum atomic E-state index is 0. The van der Waals surface area contributed by atoms with Crippen LogP contribution in [0.25, 0.3) is 0 Å². The second-order valence-electron chi connectivity index (χ2n) is 1.54. The Morgan fingerprint density at radius 3 is 1.56 bits per heavy atom. The van der Waals surface area contributed by atoms with Crippen molar-refractivity contribution in [2.45, 2.75) is 13.8 Å². The van der Waals surface area contributed by atoms with Crippen LogP contribution in [0.15, 0.2) is 30.3 Å². The van der Waals surface area contributed by atoms with Gasteiger partial charge in [0.15, 0.2) is 0 Å². The third-order valence-electron chi connectivity index (χ3n) is 0.556. The molecule has 0 atom stereocenters. The Morgan fingerprint density at radius 2 is 1.44 bits per heavy atom. The summed E-state index contributed by atoms with van der Waals surface area (Å²) in [6.07, 6.45) is 2.00. The maximum absolute atomic E-state index is 2.00. The molecule has 49 valence electrons. The zero-order valence-electron chi connectivity index (χ0n) is 6.04. The molecule has 0 unspecified atom stereocenters. The molecule has 1 rings (SSSR count). The summed E-state index contributed by atoms with van der Waals surface area (Å²) >= 11 is 0. The zero-order chi connectivity index (χ0) is 6.24. The van der Waals surface area contributed by atoms with Crippen LogP contribution in [0.2, 0.25) is 0 Å². The van der Waals surface area contributed by atoms with Crippen LogP contribution in [0.5, 0.6) is 0 Å². The van der Waals surface area contributed by atoms with E-state index in [1.807, 2.05) is 50.6 Å². The zero-order valence-corrected chi connectivity index (χ0v) is 7.84. The molecular formula is C8H12Sc-2. The Labute approximate surface area is 76.4 Å². The predicted molar refractivity (Wildman–Crippen MR) is 37.7 cm³/mol. The monoisotopic (exact) mass is 153 g/mol. The van der Waals surface area contributed by atoms with Gasteiger partial charge in [-0.15, -0.1) is 0 Å². The van der Waals surface area contributed by atoms with Crippen molar-refractivity contribution in [2.75, 3.05) is 0 Å². The molecule has 0 heterocycles. The third kappa shape index (κ3) is 11.7. The summed E-state index contributed by atoms with van der Waals surface area (Å²) in [5.41, 5.74) is 0. The SMILES string of the molecule is C[CH-]C.[Sc].c1cc[cH-]c1. The molecular weight excluding hydrogens is 141 g/mol. The van der Waals surface area contributed by atoms with Crippen LogP contribution >= 0.6 is 0 Å². The van der Waals surface area contributed by atoms with Gasteiger partial charge in [0.25, 0.3) is 0 Å². The molecule has 0 spiro atoms. The molecule has 1 heteroatoms. The van der Waals surface area contributed by atoms with Gasteiger partial charge in [-0.2, -0.15) is 32.0 Å². The largest absolute Gasteiger partial charge is 0.335 e. The van der Waals surface area contributed by atoms with Gasteiger partial charge in [0.05, 0.1) is 0 Å². The van der Waals surface area contributed by atoms with Crippen LogP contribution in [-0.4, -0.2) is 0 Å². The first-order valence-electron chi connectivity index (χ1n) is 2.82. The molecule has 9 heavy (non-hydrogen) atoms. The topological polar surface area (TPSA) is 0 Å². The molecule has 0 aliphatic rings. The molecule has 0 fully saturated rings. The van der Waals surface area contributed by atoms with E-state index in [-0.39, 0.29) is 25.8 Å². The Morgan fingerprint density at radius 1 is 1.11 bits per heavy atom. The van der Waals surface area contributed by atoms with E-state index in [1.54, 1.807) is 0 Å². The molecule has 0 N–H and O–H groups in total. The van der Waals surface area contributed by atoms with E-state index in [4.69, 9.17) is 0 Å². The minimum absolute atomic E-state index is 0. The Bertz CT molecular complexity index is 71.5.